The average Bonchev–Trinajstić information content (AvgIpc) is 3.79. The predicted molar refractivity (Wildman–Crippen MR) is 186 cm³/mol. The van der Waals surface area contributed by atoms with Gasteiger partial charge in [0.05, 0.1) is 67.1 Å². The number of aliphatic hydroxyl groups is 1. The molecule has 0 aromatic rings. The van der Waals surface area contributed by atoms with Crippen molar-refractivity contribution >= 4 is 5.78 Å². The van der Waals surface area contributed by atoms with Crippen LogP contribution in [0.3, 0.4) is 0 Å². The molecule has 10 heterocycles. The molecule has 0 aromatic carbocycles. The standard InChI is InChI=1S/C40H59NO11/c1-19-11-24-5-7-28-20(2)12-26(45-28)9-10-40-17-33-36(51-40)37-38(50-33)39(52-40)35-29(49-37)8-6-25(47-35)13-22(42)14-27-31(16-30(46-24)21(19)3)48-32(34(27)44-4)15-23(43)18-41/h19,23-39,43H,2-3,5-18,41H2,1,4H3/t19-,23+,24+,25-,26+,27+,28+,29+,30-,31+,32-,33-,34-,35+,36+,37?,38?,39+,40+/m1/s1. The third-order valence-electron chi connectivity index (χ3n) is 14.0. The maximum absolute atomic E-state index is 14.1. The number of nitrogens with two attached hydrogens (primary N) is 1. The number of rotatable bonds is 4. The summed E-state index contributed by atoms with van der Waals surface area (Å²) in [5.74, 6) is -0.619. The molecule has 0 saturated carbocycles. The molecule has 1 spiro atoms. The number of hydrogen-bond donors (Lipinski definition) is 2. The summed E-state index contributed by atoms with van der Waals surface area (Å²) in [7, 11) is 1.66. The molecular formula is C40H59NO11. The number of carbonyl (C=O) groups is 1. The zero-order valence-electron chi connectivity index (χ0n) is 30.8. The van der Waals surface area contributed by atoms with Crippen molar-refractivity contribution in [3.05, 3.63) is 24.3 Å². The van der Waals surface area contributed by atoms with Gasteiger partial charge in [-0.3, -0.25) is 4.79 Å². The first-order valence-electron chi connectivity index (χ1n) is 20.2. The van der Waals surface area contributed by atoms with Crippen molar-refractivity contribution < 1.29 is 52.5 Å². The number of aliphatic hydroxyl groups excluding tert-OH is 1. The number of ketones is 1. The summed E-state index contributed by atoms with van der Waals surface area (Å²) in [5.41, 5.74) is 8.01. The lowest BCUT2D eigenvalue weighted by Crippen LogP contribution is -2.61. The van der Waals surface area contributed by atoms with Crippen molar-refractivity contribution in [1.82, 2.24) is 0 Å². The van der Waals surface area contributed by atoms with Crippen molar-refractivity contribution in [2.75, 3.05) is 13.7 Å². The molecule has 19 atom stereocenters. The van der Waals surface area contributed by atoms with Crippen molar-refractivity contribution in [2.24, 2.45) is 17.6 Å². The van der Waals surface area contributed by atoms with Gasteiger partial charge in [-0.05, 0) is 62.0 Å². The number of hydrogen-bond acceptors (Lipinski definition) is 12. The van der Waals surface area contributed by atoms with Gasteiger partial charge in [-0.15, -0.1) is 0 Å². The van der Waals surface area contributed by atoms with Crippen LogP contribution in [0.4, 0.5) is 0 Å². The molecule has 3 N–H and O–H groups in total. The van der Waals surface area contributed by atoms with Crippen LogP contribution in [0.25, 0.3) is 0 Å². The van der Waals surface area contributed by atoms with Crippen LogP contribution in [0.2, 0.25) is 0 Å². The van der Waals surface area contributed by atoms with E-state index < -0.39 is 18.0 Å². The van der Waals surface area contributed by atoms with Crippen molar-refractivity contribution in [2.45, 2.75) is 194 Å². The summed E-state index contributed by atoms with van der Waals surface area (Å²) in [6.07, 6.45) is 4.85. The summed E-state index contributed by atoms with van der Waals surface area (Å²) in [5, 5.41) is 10.5. The lowest BCUT2D eigenvalue weighted by molar-refractivity contribution is -0.292. The van der Waals surface area contributed by atoms with E-state index in [0.29, 0.717) is 25.7 Å². The number of ether oxygens (including phenoxy) is 9. The van der Waals surface area contributed by atoms with E-state index in [4.69, 9.17) is 48.4 Å². The minimum absolute atomic E-state index is 0.0158. The molecule has 0 aromatic heterocycles. The van der Waals surface area contributed by atoms with Gasteiger partial charge in [0.2, 0.25) is 0 Å². The Morgan fingerprint density at radius 3 is 2.38 bits per heavy atom. The fourth-order valence-electron chi connectivity index (χ4n) is 11.3. The fourth-order valence-corrected chi connectivity index (χ4v) is 11.3. The number of Topliss-reactive ketones (excluding diaryl/α,β-unsaturated/α-hetero) is 1. The zero-order valence-corrected chi connectivity index (χ0v) is 30.8. The minimum atomic E-state index is -0.780. The molecule has 12 nitrogen and oxygen atoms in total. The normalized spacial score (nSPS) is 52.4. The van der Waals surface area contributed by atoms with Crippen LogP contribution < -0.4 is 5.73 Å². The molecule has 10 aliphatic rings. The third kappa shape index (κ3) is 6.59. The Hall–Kier alpha value is -1.29. The van der Waals surface area contributed by atoms with E-state index in [9.17, 15) is 9.90 Å². The Kier molecular flexibility index (Phi) is 10.0. The summed E-state index contributed by atoms with van der Waals surface area (Å²) in [4.78, 5) is 14.1. The smallest absolute Gasteiger partial charge is 0.172 e. The van der Waals surface area contributed by atoms with Gasteiger partial charge in [0.25, 0.3) is 0 Å². The van der Waals surface area contributed by atoms with Crippen molar-refractivity contribution in [3.8, 4) is 0 Å². The van der Waals surface area contributed by atoms with Gasteiger partial charge < -0.3 is 53.5 Å². The van der Waals surface area contributed by atoms with Gasteiger partial charge in [-0.25, -0.2) is 0 Å². The van der Waals surface area contributed by atoms with Crippen LogP contribution in [-0.2, 0) is 47.4 Å². The van der Waals surface area contributed by atoms with E-state index in [1.54, 1.807) is 7.11 Å². The summed E-state index contributed by atoms with van der Waals surface area (Å²) in [6.45, 7) is 11.3. The van der Waals surface area contributed by atoms with E-state index in [-0.39, 0.29) is 122 Å². The Morgan fingerprint density at radius 1 is 0.808 bits per heavy atom. The second kappa shape index (κ2) is 14.3. The van der Waals surface area contributed by atoms with Crippen LogP contribution in [0.15, 0.2) is 24.3 Å². The number of carbonyl (C=O) groups excluding carboxylic acids is 1. The highest BCUT2D eigenvalue weighted by Crippen LogP contribution is 2.54. The van der Waals surface area contributed by atoms with Crippen molar-refractivity contribution in [3.63, 3.8) is 0 Å². The van der Waals surface area contributed by atoms with Gasteiger partial charge in [-0.2, -0.15) is 0 Å². The Labute approximate surface area is 307 Å². The monoisotopic (exact) mass is 729 g/mol. The van der Waals surface area contributed by atoms with E-state index in [0.717, 1.165) is 56.1 Å². The average molecular weight is 730 g/mol. The van der Waals surface area contributed by atoms with Gasteiger partial charge in [0.1, 0.15) is 36.3 Å². The summed E-state index contributed by atoms with van der Waals surface area (Å²) < 4.78 is 60.0. The van der Waals surface area contributed by atoms with Crippen LogP contribution in [0, 0.1) is 11.8 Å². The Morgan fingerprint density at radius 2 is 1.56 bits per heavy atom. The van der Waals surface area contributed by atoms with Gasteiger partial charge in [0, 0.05) is 58.1 Å². The highest BCUT2D eigenvalue weighted by molar-refractivity contribution is 5.79. The van der Waals surface area contributed by atoms with E-state index in [1.165, 1.54) is 0 Å². The fraction of sp³-hybridized carbons (Fsp3) is 0.875. The molecule has 52 heavy (non-hydrogen) atoms. The molecule has 10 aliphatic heterocycles. The predicted octanol–water partition coefficient (Wildman–Crippen LogP) is 3.44. The lowest BCUT2D eigenvalue weighted by atomic mass is 9.81. The quantitative estimate of drug-likeness (QED) is 0.409. The first-order chi connectivity index (χ1) is 25.1. The van der Waals surface area contributed by atoms with Crippen LogP contribution >= 0.6 is 0 Å². The Bertz CT molecular complexity index is 1380. The first-order valence-corrected chi connectivity index (χ1v) is 20.2. The molecule has 12 bridgehead atoms. The molecule has 12 heteroatoms. The lowest BCUT2D eigenvalue weighted by Gasteiger charge is -2.47. The van der Waals surface area contributed by atoms with Crippen LogP contribution in [0.1, 0.15) is 90.4 Å². The van der Waals surface area contributed by atoms with Gasteiger partial charge in [-0.1, -0.05) is 20.1 Å². The van der Waals surface area contributed by atoms with E-state index >= 15 is 0 Å². The minimum Gasteiger partial charge on any atom is -0.392 e. The van der Waals surface area contributed by atoms with Crippen LogP contribution in [-0.4, -0.2) is 128 Å². The molecule has 10 rings (SSSR count). The number of fused-ring (bicyclic) bond motifs is 6. The second-order valence-corrected chi connectivity index (χ2v) is 17.4. The molecule has 0 amide bonds. The highest BCUT2D eigenvalue weighted by atomic mass is 16.8. The molecule has 10 saturated heterocycles. The van der Waals surface area contributed by atoms with Crippen molar-refractivity contribution in [1.29, 1.82) is 0 Å². The maximum Gasteiger partial charge on any atom is 0.172 e. The molecule has 2 unspecified atom stereocenters. The van der Waals surface area contributed by atoms with E-state index in [2.05, 4.69) is 20.1 Å². The molecular weight excluding hydrogens is 670 g/mol. The summed E-state index contributed by atoms with van der Waals surface area (Å²) in [6, 6.07) is 0. The zero-order chi connectivity index (χ0) is 35.9. The molecule has 0 radical (unpaired) electrons. The third-order valence-corrected chi connectivity index (χ3v) is 14.0. The maximum atomic E-state index is 14.1. The van der Waals surface area contributed by atoms with E-state index in [1.807, 2.05) is 0 Å². The number of methoxy groups -OCH3 is 1. The molecule has 0 aliphatic carbocycles. The SMILES string of the molecule is C=C1C[C@@H]2CC[C@@]34C[C@H]5OC6C(O[C@H]7CC[C@H](CC(=O)C[C@@H]8[C@@H](OC)[C@@H](C[C@H](O)CN)O[C@H]8C[C@H]8O[C@@H](CC[C@@H]1O2)C[C@@H](C)C8=C)O[C@@H]7[C@@H]6O3)[C@H]5O4. The second-order valence-electron chi connectivity index (χ2n) is 17.4. The largest absolute Gasteiger partial charge is 0.392 e. The Balaban J connectivity index is 0.994. The highest BCUT2D eigenvalue weighted by Gasteiger charge is 2.68. The molecule has 290 valence electrons. The topological polar surface area (TPSA) is 146 Å². The molecule has 10 fully saturated rings. The van der Waals surface area contributed by atoms with Crippen LogP contribution in [0.5, 0.6) is 0 Å². The summed E-state index contributed by atoms with van der Waals surface area (Å²) >= 11 is 0. The van der Waals surface area contributed by atoms with Gasteiger partial charge in [0.15, 0.2) is 5.79 Å². The first kappa shape index (κ1) is 36.4. The van der Waals surface area contributed by atoms with Gasteiger partial charge >= 0.3 is 0 Å².